The zero-order valence-electron chi connectivity index (χ0n) is 15.4. The Hall–Kier alpha value is -3.32. The topological polar surface area (TPSA) is 95.5 Å². The average Bonchev–Trinajstić information content (AvgIpc) is 2.64. The number of amides is 1. The lowest BCUT2D eigenvalue weighted by molar-refractivity contribution is 0.102. The number of carbonyl (C=O) groups excluding carboxylic acids is 1. The van der Waals surface area contributed by atoms with Crippen LogP contribution in [-0.4, -0.2) is 19.4 Å². The Morgan fingerprint density at radius 1 is 0.893 bits per heavy atom. The summed E-state index contributed by atoms with van der Waals surface area (Å²) < 4.78 is 27.8. The molecule has 0 aromatic heterocycles. The van der Waals surface area contributed by atoms with Gasteiger partial charge in [-0.3, -0.25) is 9.52 Å². The highest BCUT2D eigenvalue weighted by Crippen LogP contribution is 2.25. The maximum absolute atomic E-state index is 12.7. The number of nitrogens with one attached hydrogen (secondary N) is 2. The van der Waals surface area contributed by atoms with Crippen LogP contribution in [0.2, 0.25) is 0 Å². The van der Waals surface area contributed by atoms with Gasteiger partial charge in [-0.25, -0.2) is 8.42 Å². The molecule has 0 aliphatic rings. The first-order valence-electron chi connectivity index (χ1n) is 8.55. The van der Waals surface area contributed by atoms with Crippen molar-refractivity contribution in [3.8, 4) is 5.75 Å². The number of phenolic OH excluding ortho intramolecular Hbond substituents is 1. The van der Waals surface area contributed by atoms with Crippen molar-refractivity contribution in [3.05, 3.63) is 83.4 Å². The highest BCUT2D eigenvalue weighted by atomic mass is 32.2. The van der Waals surface area contributed by atoms with Crippen LogP contribution in [0.4, 0.5) is 11.4 Å². The van der Waals surface area contributed by atoms with E-state index in [2.05, 4.69) is 10.0 Å². The van der Waals surface area contributed by atoms with Gasteiger partial charge in [0, 0.05) is 11.3 Å². The summed E-state index contributed by atoms with van der Waals surface area (Å²) in [5.41, 5.74) is 2.63. The SMILES string of the molecule is Cc1cccc(NS(=O)(=O)c2cccc(C(=O)Nc3ccc(C)cc3O)c2)c1. The number of anilines is 2. The Kier molecular flexibility index (Phi) is 5.37. The summed E-state index contributed by atoms with van der Waals surface area (Å²) in [6.07, 6.45) is 0. The molecule has 3 N–H and O–H groups in total. The first-order valence-corrected chi connectivity index (χ1v) is 10.0. The van der Waals surface area contributed by atoms with Crippen LogP contribution in [0, 0.1) is 13.8 Å². The van der Waals surface area contributed by atoms with Crippen LogP contribution in [0.1, 0.15) is 21.5 Å². The van der Waals surface area contributed by atoms with Crippen molar-refractivity contribution in [1.29, 1.82) is 0 Å². The van der Waals surface area contributed by atoms with E-state index >= 15 is 0 Å². The maximum atomic E-state index is 12.7. The number of aromatic hydroxyl groups is 1. The molecule has 0 saturated heterocycles. The Balaban J connectivity index is 1.83. The lowest BCUT2D eigenvalue weighted by atomic mass is 10.2. The molecule has 7 heteroatoms. The lowest BCUT2D eigenvalue weighted by Gasteiger charge is -2.11. The van der Waals surface area contributed by atoms with Gasteiger partial charge in [-0.1, -0.05) is 24.3 Å². The van der Waals surface area contributed by atoms with Crippen molar-refractivity contribution < 1.29 is 18.3 Å². The summed E-state index contributed by atoms with van der Waals surface area (Å²) in [5.74, 6) is -0.579. The highest BCUT2D eigenvalue weighted by molar-refractivity contribution is 7.92. The van der Waals surface area contributed by atoms with E-state index in [4.69, 9.17) is 0 Å². The molecule has 0 bridgehead atoms. The maximum Gasteiger partial charge on any atom is 0.261 e. The molecule has 144 valence electrons. The van der Waals surface area contributed by atoms with Crippen LogP contribution in [0.25, 0.3) is 0 Å². The fourth-order valence-electron chi connectivity index (χ4n) is 2.67. The Labute approximate surface area is 163 Å². The van der Waals surface area contributed by atoms with E-state index in [1.165, 1.54) is 30.3 Å². The van der Waals surface area contributed by atoms with Gasteiger partial charge in [-0.05, 0) is 67.4 Å². The summed E-state index contributed by atoms with van der Waals surface area (Å²) in [6, 6.07) is 17.6. The van der Waals surface area contributed by atoms with E-state index in [-0.39, 0.29) is 21.9 Å². The third-order valence-electron chi connectivity index (χ3n) is 4.08. The number of aryl methyl sites for hydroxylation is 2. The molecule has 0 unspecified atom stereocenters. The van der Waals surface area contributed by atoms with Gasteiger partial charge in [0.25, 0.3) is 15.9 Å². The zero-order valence-corrected chi connectivity index (χ0v) is 16.2. The van der Waals surface area contributed by atoms with Gasteiger partial charge in [-0.15, -0.1) is 0 Å². The predicted octanol–water partition coefficient (Wildman–Crippen LogP) is 4.06. The molecule has 1 amide bonds. The quantitative estimate of drug-likeness (QED) is 0.567. The Bertz CT molecular complexity index is 1140. The van der Waals surface area contributed by atoms with E-state index in [0.717, 1.165) is 11.1 Å². The molecule has 0 aliphatic heterocycles. The number of carbonyl (C=O) groups is 1. The molecule has 3 rings (SSSR count). The number of benzene rings is 3. The van der Waals surface area contributed by atoms with Gasteiger partial charge >= 0.3 is 0 Å². The van der Waals surface area contributed by atoms with Crippen molar-refractivity contribution in [2.75, 3.05) is 10.0 Å². The molecule has 0 fully saturated rings. The van der Waals surface area contributed by atoms with Crippen LogP contribution in [0.3, 0.4) is 0 Å². The average molecular weight is 396 g/mol. The number of phenols is 1. The monoisotopic (exact) mass is 396 g/mol. The largest absolute Gasteiger partial charge is 0.506 e. The van der Waals surface area contributed by atoms with Gasteiger partial charge in [0.1, 0.15) is 5.75 Å². The van der Waals surface area contributed by atoms with Crippen molar-refractivity contribution >= 4 is 27.3 Å². The molecule has 3 aromatic rings. The standard InChI is InChI=1S/C21H20N2O4S/c1-14-5-3-7-17(11-14)23-28(26,27)18-8-4-6-16(13-18)21(25)22-19-10-9-15(2)12-20(19)24/h3-13,23-24H,1-2H3,(H,22,25). The van der Waals surface area contributed by atoms with Gasteiger partial charge in [0.05, 0.1) is 10.6 Å². The Morgan fingerprint density at radius 2 is 1.61 bits per heavy atom. The third kappa shape index (κ3) is 4.50. The molecule has 28 heavy (non-hydrogen) atoms. The summed E-state index contributed by atoms with van der Waals surface area (Å²) >= 11 is 0. The fourth-order valence-corrected chi connectivity index (χ4v) is 3.76. The molecule has 0 heterocycles. The van der Waals surface area contributed by atoms with E-state index in [0.29, 0.717) is 5.69 Å². The zero-order chi connectivity index (χ0) is 20.3. The second-order valence-electron chi connectivity index (χ2n) is 6.48. The minimum Gasteiger partial charge on any atom is -0.506 e. The van der Waals surface area contributed by atoms with Gasteiger partial charge in [0.2, 0.25) is 0 Å². The third-order valence-corrected chi connectivity index (χ3v) is 5.46. The van der Waals surface area contributed by atoms with Crippen LogP contribution < -0.4 is 10.0 Å². The van der Waals surface area contributed by atoms with E-state index in [1.54, 1.807) is 30.3 Å². The van der Waals surface area contributed by atoms with Gasteiger partial charge in [0.15, 0.2) is 0 Å². The molecule has 0 atom stereocenters. The molecule has 0 spiro atoms. The van der Waals surface area contributed by atoms with Gasteiger partial charge in [-0.2, -0.15) is 0 Å². The van der Waals surface area contributed by atoms with E-state index in [9.17, 15) is 18.3 Å². The minimum absolute atomic E-state index is 0.0326. The normalized spacial score (nSPS) is 11.1. The van der Waals surface area contributed by atoms with Crippen LogP contribution in [0.5, 0.6) is 5.75 Å². The smallest absolute Gasteiger partial charge is 0.261 e. The number of hydrogen-bond acceptors (Lipinski definition) is 4. The highest BCUT2D eigenvalue weighted by Gasteiger charge is 2.17. The van der Waals surface area contributed by atoms with Crippen molar-refractivity contribution in [3.63, 3.8) is 0 Å². The first kappa shape index (κ1) is 19.4. The molecule has 0 aliphatic carbocycles. The van der Waals surface area contributed by atoms with Crippen LogP contribution >= 0.6 is 0 Å². The molecule has 6 nitrogen and oxygen atoms in total. The minimum atomic E-state index is -3.85. The molecular weight excluding hydrogens is 376 g/mol. The molecule has 0 saturated carbocycles. The summed E-state index contributed by atoms with van der Waals surface area (Å²) in [7, 11) is -3.85. The van der Waals surface area contributed by atoms with Crippen molar-refractivity contribution in [2.45, 2.75) is 18.7 Å². The lowest BCUT2D eigenvalue weighted by Crippen LogP contribution is -2.16. The second kappa shape index (κ2) is 7.74. The molecular formula is C21H20N2O4S. The number of rotatable bonds is 5. The number of hydrogen-bond donors (Lipinski definition) is 3. The summed E-state index contributed by atoms with van der Waals surface area (Å²) in [4.78, 5) is 12.5. The number of sulfonamides is 1. The first-order chi connectivity index (χ1) is 13.2. The van der Waals surface area contributed by atoms with Crippen molar-refractivity contribution in [2.24, 2.45) is 0 Å². The van der Waals surface area contributed by atoms with E-state index in [1.807, 2.05) is 19.9 Å². The van der Waals surface area contributed by atoms with Crippen LogP contribution in [0.15, 0.2) is 71.6 Å². The van der Waals surface area contributed by atoms with Crippen LogP contribution in [-0.2, 0) is 10.0 Å². The molecule has 3 aromatic carbocycles. The Morgan fingerprint density at radius 3 is 2.32 bits per heavy atom. The second-order valence-corrected chi connectivity index (χ2v) is 8.16. The fraction of sp³-hybridized carbons (Fsp3) is 0.0952. The van der Waals surface area contributed by atoms with Crippen molar-refractivity contribution in [1.82, 2.24) is 0 Å². The molecule has 0 radical (unpaired) electrons. The summed E-state index contributed by atoms with van der Waals surface area (Å²) in [5, 5.41) is 12.5. The predicted molar refractivity (Wildman–Crippen MR) is 109 cm³/mol. The summed E-state index contributed by atoms with van der Waals surface area (Å²) in [6.45, 7) is 3.68. The van der Waals surface area contributed by atoms with E-state index < -0.39 is 15.9 Å². The van der Waals surface area contributed by atoms with Gasteiger partial charge < -0.3 is 10.4 Å².